The van der Waals surface area contributed by atoms with Crippen molar-refractivity contribution in [1.29, 1.82) is 0 Å². The summed E-state index contributed by atoms with van der Waals surface area (Å²) in [4.78, 5) is 11.4. The second-order valence-electron chi connectivity index (χ2n) is 3.32. The SMILES string of the molecule is COCCOC(=O)c1ccc(F)cc1C(F)(F)F. The Morgan fingerprint density at radius 3 is 2.50 bits per heavy atom. The van der Waals surface area contributed by atoms with Crippen LogP contribution in [0.5, 0.6) is 0 Å². The Labute approximate surface area is 100 Å². The first kappa shape index (κ1) is 14.4. The van der Waals surface area contributed by atoms with Gasteiger partial charge in [0, 0.05) is 7.11 Å². The summed E-state index contributed by atoms with van der Waals surface area (Å²) in [6.07, 6.45) is -4.82. The molecule has 0 heterocycles. The third kappa shape index (κ3) is 3.69. The molecule has 0 radical (unpaired) electrons. The molecule has 1 aromatic rings. The smallest absolute Gasteiger partial charge is 0.417 e. The van der Waals surface area contributed by atoms with E-state index in [1.165, 1.54) is 7.11 Å². The number of methoxy groups -OCH3 is 1. The summed E-state index contributed by atoms with van der Waals surface area (Å²) in [6, 6.07) is 1.77. The summed E-state index contributed by atoms with van der Waals surface area (Å²) >= 11 is 0. The van der Waals surface area contributed by atoms with Crippen LogP contribution in [0, 0.1) is 5.82 Å². The number of halogens is 4. The lowest BCUT2D eigenvalue weighted by atomic mass is 10.1. The van der Waals surface area contributed by atoms with Gasteiger partial charge in [-0.25, -0.2) is 9.18 Å². The highest BCUT2D eigenvalue weighted by molar-refractivity contribution is 5.91. The molecule has 0 atom stereocenters. The molecular weight excluding hydrogens is 256 g/mol. The molecule has 1 aromatic carbocycles. The third-order valence-electron chi connectivity index (χ3n) is 2.03. The van der Waals surface area contributed by atoms with Crippen molar-refractivity contribution in [2.75, 3.05) is 20.3 Å². The predicted molar refractivity (Wildman–Crippen MR) is 53.6 cm³/mol. The van der Waals surface area contributed by atoms with Gasteiger partial charge in [0.05, 0.1) is 17.7 Å². The molecule has 0 spiro atoms. The summed E-state index contributed by atoms with van der Waals surface area (Å²) in [7, 11) is 1.35. The molecular formula is C11H10F4O3. The van der Waals surface area contributed by atoms with E-state index in [-0.39, 0.29) is 19.3 Å². The van der Waals surface area contributed by atoms with E-state index in [1.54, 1.807) is 0 Å². The molecule has 0 saturated carbocycles. The highest BCUT2D eigenvalue weighted by Crippen LogP contribution is 2.32. The van der Waals surface area contributed by atoms with Gasteiger partial charge in [0.1, 0.15) is 12.4 Å². The van der Waals surface area contributed by atoms with Crippen molar-refractivity contribution in [1.82, 2.24) is 0 Å². The van der Waals surface area contributed by atoms with E-state index in [0.29, 0.717) is 0 Å². The Bertz CT molecular complexity index is 429. The molecule has 0 amide bonds. The van der Waals surface area contributed by atoms with Crippen molar-refractivity contribution in [3.05, 3.63) is 35.1 Å². The maximum atomic E-state index is 12.8. The minimum absolute atomic E-state index is 0.0638. The van der Waals surface area contributed by atoms with Gasteiger partial charge in [-0.1, -0.05) is 0 Å². The summed E-state index contributed by atoms with van der Waals surface area (Å²) in [5, 5.41) is 0. The van der Waals surface area contributed by atoms with Crippen LogP contribution in [0.25, 0.3) is 0 Å². The van der Waals surface area contributed by atoms with Crippen LogP contribution in [0.3, 0.4) is 0 Å². The molecule has 100 valence electrons. The van der Waals surface area contributed by atoms with Crippen LogP contribution >= 0.6 is 0 Å². The quantitative estimate of drug-likeness (QED) is 0.477. The number of rotatable bonds is 4. The average molecular weight is 266 g/mol. The Morgan fingerprint density at radius 1 is 1.28 bits per heavy atom. The average Bonchev–Trinajstić information content (AvgIpc) is 2.28. The maximum Gasteiger partial charge on any atom is 0.417 e. The van der Waals surface area contributed by atoms with Gasteiger partial charge in [-0.3, -0.25) is 0 Å². The van der Waals surface area contributed by atoms with E-state index in [9.17, 15) is 22.4 Å². The van der Waals surface area contributed by atoms with Gasteiger partial charge >= 0.3 is 12.1 Å². The molecule has 3 nitrogen and oxygen atoms in total. The molecule has 0 aliphatic rings. The lowest BCUT2D eigenvalue weighted by Crippen LogP contribution is -2.17. The van der Waals surface area contributed by atoms with Crippen molar-refractivity contribution in [2.24, 2.45) is 0 Å². The van der Waals surface area contributed by atoms with Crippen LogP contribution in [0.15, 0.2) is 18.2 Å². The molecule has 0 fully saturated rings. The fourth-order valence-electron chi connectivity index (χ4n) is 1.22. The largest absolute Gasteiger partial charge is 0.460 e. The zero-order valence-corrected chi connectivity index (χ0v) is 9.38. The molecule has 0 saturated heterocycles. The van der Waals surface area contributed by atoms with E-state index in [4.69, 9.17) is 0 Å². The second kappa shape index (κ2) is 5.81. The standard InChI is InChI=1S/C11H10F4O3/c1-17-4-5-18-10(16)8-3-2-7(12)6-9(8)11(13,14)15/h2-3,6H,4-5H2,1H3. The fraction of sp³-hybridized carbons (Fsp3) is 0.364. The topological polar surface area (TPSA) is 35.5 Å². The molecule has 0 aromatic heterocycles. The Kier molecular flexibility index (Phi) is 4.66. The number of hydrogen-bond acceptors (Lipinski definition) is 3. The molecule has 0 aliphatic heterocycles. The molecule has 18 heavy (non-hydrogen) atoms. The van der Waals surface area contributed by atoms with Gasteiger partial charge in [-0.05, 0) is 18.2 Å². The van der Waals surface area contributed by atoms with Gasteiger partial charge in [0.15, 0.2) is 0 Å². The van der Waals surface area contributed by atoms with Crippen molar-refractivity contribution >= 4 is 5.97 Å². The van der Waals surface area contributed by atoms with Crippen LogP contribution in [-0.4, -0.2) is 26.3 Å². The first-order valence-electron chi connectivity index (χ1n) is 4.89. The summed E-state index contributed by atoms with van der Waals surface area (Å²) in [6.45, 7) is -0.113. The van der Waals surface area contributed by atoms with E-state index in [0.717, 1.165) is 12.1 Å². The second-order valence-corrected chi connectivity index (χ2v) is 3.32. The van der Waals surface area contributed by atoms with E-state index in [1.807, 2.05) is 0 Å². The van der Waals surface area contributed by atoms with Crippen molar-refractivity contribution in [3.8, 4) is 0 Å². The first-order chi connectivity index (χ1) is 8.36. The van der Waals surface area contributed by atoms with E-state index >= 15 is 0 Å². The number of hydrogen-bond donors (Lipinski definition) is 0. The third-order valence-corrected chi connectivity index (χ3v) is 2.03. The summed E-state index contributed by atoms with van der Waals surface area (Å²) < 4.78 is 59.7. The minimum atomic E-state index is -4.82. The molecule has 0 aliphatic carbocycles. The van der Waals surface area contributed by atoms with Crippen LogP contribution in [0.2, 0.25) is 0 Å². The van der Waals surface area contributed by atoms with Gasteiger partial charge < -0.3 is 9.47 Å². The van der Waals surface area contributed by atoms with E-state index < -0.39 is 29.1 Å². The highest BCUT2D eigenvalue weighted by Gasteiger charge is 2.36. The number of carbonyl (C=O) groups excluding carboxylic acids is 1. The van der Waals surface area contributed by atoms with Gasteiger partial charge in [-0.15, -0.1) is 0 Å². The summed E-state index contributed by atoms with van der Waals surface area (Å²) in [5.41, 5.74) is -2.08. The van der Waals surface area contributed by atoms with Crippen LogP contribution < -0.4 is 0 Å². The molecule has 1 rings (SSSR count). The first-order valence-corrected chi connectivity index (χ1v) is 4.89. The minimum Gasteiger partial charge on any atom is -0.460 e. The number of benzene rings is 1. The number of ether oxygens (including phenoxy) is 2. The zero-order valence-electron chi connectivity index (χ0n) is 9.38. The lowest BCUT2D eigenvalue weighted by molar-refractivity contribution is -0.138. The molecule has 0 unspecified atom stereocenters. The lowest BCUT2D eigenvalue weighted by Gasteiger charge is -2.12. The number of carbonyl (C=O) groups is 1. The molecule has 7 heteroatoms. The molecule has 0 N–H and O–H groups in total. The highest BCUT2D eigenvalue weighted by atomic mass is 19.4. The fourth-order valence-corrected chi connectivity index (χ4v) is 1.22. The van der Waals surface area contributed by atoms with Crippen molar-refractivity contribution in [3.63, 3.8) is 0 Å². The summed E-state index contributed by atoms with van der Waals surface area (Å²) in [5.74, 6) is -2.24. The normalized spacial score (nSPS) is 11.4. The van der Waals surface area contributed by atoms with Gasteiger partial charge in [0.2, 0.25) is 0 Å². The van der Waals surface area contributed by atoms with Crippen LogP contribution in [-0.2, 0) is 15.7 Å². The number of esters is 1. The molecule has 0 bridgehead atoms. The zero-order chi connectivity index (χ0) is 13.8. The van der Waals surface area contributed by atoms with Crippen LogP contribution in [0.4, 0.5) is 17.6 Å². The van der Waals surface area contributed by atoms with Gasteiger partial charge in [0.25, 0.3) is 0 Å². The Balaban J connectivity index is 2.97. The van der Waals surface area contributed by atoms with Crippen LogP contribution in [0.1, 0.15) is 15.9 Å². The Hall–Kier alpha value is -1.63. The van der Waals surface area contributed by atoms with E-state index in [2.05, 4.69) is 9.47 Å². The monoisotopic (exact) mass is 266 g/mol. The predicted octanol–water partition coefficient (Wildman–Crippen LogP) is 2.65. The maximum absolute atomic E-state index is 12.8. The Morgan fingerprint density at radius 2 is 1.94 bits per heavy atom. The number of alkyl halides is 3. The van der Waals surface area contributed by atoms with Crippen molar-refractivity contribution < 1.29 is 31.8 Å². The van der Waals surface area contributed by atoms with Gasteiger partial charge in [-0.2, -0.15) is 13.2 Å². The van der Waals surface area contributed by atoms with Crippen molar-refractivity contribution in [2.45, 2.75) is 6.18 Å².